The molecule has 1 amide bonds. The molecule has 5 heteroatoms. The maximum atomic E-state index is 12.2. The van der Waals surface area contributed by atoms with Gasteiger partial charge in [0, 0.05) is 0 Å². The largest absolute Gasteiger partial charge is 0.464 e. The quantitative estimate of drug-likeness (QED) is 0.187. The predicted octanol–water partition coefficient (Wildman–Crippen LogP) is 6.78. The van der Waals surface area contributed by atoms with E-state index in [0.29, 0.717) is 13.2 Å². The highest BCUT2D eigenvalue weighted by atomic mass is 16.6. The molecule has 0 radical (unpaired) electrons. The van der Waals surface area contributed by atoms with Gasteiger partial charge in [-0.2, -0.15) is 0 Å². The minimum atomic E-state index is -0.652. The fourth-order valence-electron chi connectivity index (χ4n) is 3.24. The zero-order valence-electron chi connectivity index (χ0n) is 19.6. The molecule has 1 N–H and O–H groups in total. The summed E-state index contributed by atoms with van der Waals surface area (Å²) in [7, 11) is 0. The van der Waals surface area contributed by atoms with E-state index in [-0.39, 0.29) is 11.9 Å². The van der Waals surface area contributed by atoms with E-state index in [0.717, 1.165) is 19.3 Å². The van der Waals surface area contributed by atoms with E-state index in [9.17, 15) is 9.59 Å². The van der Waals surface area contributed by atoms with E-state index in [4.69, 9.17) is 9.47 Å². The lowest BCUT2D eigenvalue weighted by Gasteiger charge is -2.20. The lowest BCUT2D eigenvalue weighted by molar-refractivity contribution is -0.147. The maximum Gasteiger partial charge on any atom is 0.407 e. The first-order valence-corrected chi connectivity index (χ1v) is 12.1. The Morgan fingerprint density at radius 3 is 1.59 bits per heavy atom. The van der Waals surface area contributed by atoms with Crippen LogP contribution in [0, 0.1) is 5.92 Å². The smallest absolute Gasteiger partial charge is 0.407 e. The molecule has 0 heterocycles. The highest BCUT2D eigenvalue weighted by molar-refractivity contribution is 5.81. The molecule has 29 heavy (non-hydrogen) atoms. The van der Waals surface area contributed by atoms with Gasteiger partial charge >= 0.3 is 12.1 Å². The second-order valence-electron chi connectivity index (χ2n) is 8.41. The Hall–Kier alpha value is -1.26. The maximum absolute atomic E-state index is 12.2. The van der Waals surface area contributed by atoms with Gasteiger partial charge in [0.15, 0.2) is 0 Å². The van der Waals surface area contributed by atoms with Gasteiger partial charge < -0.3 is 14.8 Å². The molecule has 1 unspecified atom stereocenters. The summed E-state index contributed by atoms with van der Waals surface area (Å²) >= 11 is 0. The van der Waals surface area contributed by atoms with E-state index >= 15 is 0 Å². The molecule has 0 aliphatic carbocycles. The lowest BCUT2D eigenvalue weighted by Crippen LogP contribution is -2.45. The Bertz CT molecular complexity index is 398. The van der Waals surface area contributed by atoms with Gasteiger partial charge in [-0.05, 0) is 18.8 Å². The van der Waals surface area contributed by atoms with Crippen LogP contribution in [0.5, 0.6) is 0 Å². The minimum absolute atomic E-state index is 0.0386. The number of ether oxygens (including phenoxy) is 2. The predicted molar refractivity (Wildman–Crippen MR) is 120 cm³/mol. The lowest BCUT2D eigenvalue weighted by atomic mass is 10.0. The fraction of sp³-hybridized carbons (Fsp3) is 0.917. The van der Waals surface area contributed by atoms with Crippen LogP contribution in [-0.4, -0.2) is 31.3 Å². The first-order valence-electron chi connectivity index (χ1n) is 12.1. The Morgan fingerprint density at radius 2 is 1.14 bits per heavy atom. The van der Waals surface area contributed by atoms with Crippen LogP contribution in [0.2, 0.25) is 0 Å². The van der Waals surface area contributed by atoms with Crippen LogP contribution >= 0.6 is 0 Å². The SMILES string of the molecule is CCCCCCCCCCCCCCCOC(=O)C(NC(=O)OCCC)C(C)C. The number of unbranched alkanes of at least 4 members (excludes halogenated alkanes) is 12. The number of amides is 1. The molecule has 0 saturated carbocycles. The van der Waals surface area contributed by atoms with Crippen LogP contribution in [-0.2, 0) is 14.3 Å². The molecule has 0 aromatic heterocycles. The second kappa shape index (κ2) is 20.0. The Balaban J connectivity index is 3.62. The van der Waals surface area contributed by atoms with Gasteiger partial charge in [0.1, 0.15) is 6.04 Å². The number of alkyl carbamates (subject to hydrolysis) is 1. The molecular weight excluding hydrogens is 366 g/mol. The number of carbonyl (C=O) groups excluding carboxylic acids is 2. The Morgan fingerprint density at radius 1 is 0.655 bits per heavy atom. The molecule has 1 atom stereocenters. The zero-order valence-corrected chi connectivity index (χ0v) is 19.6. The van der Waals surface area contributed by atoms with Crippen LogP contribution in [0.3, 0.4) is 0 Å². The molecule has 0 aliphatic rings. The zero-order chi connectivity index (χ0) is 21.7. The van der Waals surface area contributed by atoms with Crippen molar-refractivity contribution in [2.75, 3.05) is 13.2 Å². The summed E-state index contributed by atoms with van der Waals surface area (Å²) in [5.74, 6) is -0.407. The van der Waals surface area contributed by atoms with E-state index in [1.165, 1.54) is 70.6 Å². The van der Waals surface area contributed by atoms with Crippen LogP contribution in [0.1, 0.15) is 118 Å². The first-order chi connectivity index (χ1) is 14.0. The summed E-state index contributed by atoms with van der Waals surface area (Å²) < 4.78 is 10.4. The molecular formula is C24H47NO4. The van der Waals surface area contributed by atoms with Crippen LogP contribution < -0.4 is 5.32 Å². The van der Waals surface area contributed by atoms with Crippen LogP contribution in [0.15, 0.2) is 0 Å². The number of rotatable bonds is 19. The highest BCUT2D eigenvalue weighted by Gasteiger charge is 2.26. The fourth-order valence-corrected chi connectivity index (χ4v) is 3.24. The van der Waals surface area contributed by atoms with Gasteiger partial charge in [-0.3, -0.25) is 0 Å². The van der Waals surface area contributed by atoms with Gasteiger partial charge in [0.05, 0.1) is 13.2 Å². The molecule has 0 spiro atoms. The van der Waals surface area contributed by atoms with Crippen LogP contribution in [0.25, 0.3) is 0 Å². The van der Waals surface area contributed by atoms with Crippen molar-refractivity contribution >= 4 is 12.1 Å². The normalized spacial score (nSPS) is 12.0. The van der Waals surface area contributed by atoms with E-state index in [1.54, 1.807) is 0 Å². The standard InChI is InChI=1S/C24H47NO4/c1-5-7-8-9-10-11-12-13-14-15-16-17-18-20-28-23(26)22(21(3)4)25-24(27)29-19-6-2/h21-22H,5-20H2,1-4H3,(H,25,27). The number of nitrogens with one attached hydrogen (secondary N) is 1. The summed E-state index contributed by atoms with van der Waals surface area (Å²) in [6, 6.07) is -0.652. The van der Waals surface area contributed by atoms with Crippen molar-refractivity contribution in [2.24, 2.45) is 5.92 Å². The molecule has 172 valence electrons. The monoisotopic (exact) mass is 413 g/mol. The van der Waals surface area contributed by atoms with Gasteiger partial charge in [0.25, 0.3) is 0 Å². The molecule has 0 aromatic rings. The Labute approximate surface area is 179 Å². The summed E-state index contributed by atoms with van der Waals surface area (Å²) in [6.45, 7) is 8.73. The Kier molecular flexibility index (Phi) is 19.2. The third-order valence-electron chi connectivity index (χ3n) is 5.12. The van der Waals surface area contributed by atoms with Crippen LogP contribution in [0.4, 0.5) is 4.79 Å². The summed E-state index contributed by atoms with van der Waals surface area (Å²) in [5, 5.41) is 2.61. The van der Waals surface area contributed by atoms with Crippen molar-refractivity contribution in [1.29, 1.82) is 0 Å². The van der Waals surface area contributed by atoms with E-state index < -0.39 is 12.1 Å². The van der Waals surface area contributed by atoms with E-state index in [2.05, 4.69) is 12.2 Å². The van der Waals surface area contributed by atoms with Gasteiger partial charge in [-0.1, -0.05) is 105 Å². The van der Waals surface area contributed by atoms with E-state index in [1.807, 2.05) is 20.8 Å². The molecule has 5 nitrogen and oxygen atoms in total. The first kappa shape index (κ1) is 27.7. The van der Waals surface area contributed by atoms with Gasteiger partial charge in [-0.25, -0.2) is 9.59 Å². The topological polar surface area (TPSA) is 64.6 Å². The number of esters is 1. The third kappa shape index (κ3) is 17.3. The van der Waals surface area contributed by atoms with Gasteiger partial charge in [-0.15, -0.1) is 0 Å². The summed E-state index contributed by atoms with van der Waals surface area (Å²) in [4.78, 5) is 23.9. The van der Waals surface area contributed by atoms with Crippen molar-refractivity contribution in [3.05, 3.63) is 0 Å². The minimum Gasteiger partial charge on any atom is -0.464 e. The number of carbonyl (C=O) groups is 2. The van der Waals surface area contributed by atoms with Crippen molar-refractivity contribution < 1.29 is 19.1 Å². The molecule has 0 aliphatic heterocycles. The number of hydrogen-bond acceptors (Lipinski definition) is 4. The highest BCUT2D eigenvalue weighted by Crippen LogP contribution is 2.12. The summed E-state index contributed by atoms with van der Waals surface area (Å²) in [6.07, 6.45) is 17.0. The third-order valence-corrected chi connectivity index (χ3v) is 5.12. The summed E-state index contributed by atoms with van der Waals surface area (Å²) in [5.41, 5.74) is 0. The molecule has 0 bridgehead atoms. The second-order valence-corrected chi connectivity index (χ2v) is 8.41. The van der Waals surface area contributed by atoms with Crippen molar-refractivity contribution in [3.8, 4) is 0 Å². The molecule has 0 saturated heterocycles. The average molecular weight is 414 g/mol. The molecule has 0 fully saturated rings. The van der Waals surface area contributed by atoms with Crippen molar-refractivity contribution in [2.45, 2.75) is 124 Å². The average Bonchev–Trinajstić information content (AvgIpc) is 2.70. The van der Waals surface area contributed by atoms with Crippen molar-refractivity contribution in [3.63, 3.8) is 0 Å². The van der Waals surface area contributed by atoms with Crippen molar-refractivity contribution in [1.82, 2.24) is 5.32 Å². The number of hydrogen-bond donors (Lipinski definition) is 1. The molecule has 0 aromatic carbocycles. The molecule has 0 rings (SSSR count). The van der Waals surface area contributed by atoms with Gasteiger partial charge in [0.2, 0.25) is 0 Å².